The van der Waals surface area contributed by atoms with Crippen LogP contribution < -0.4 is 5.32 Å². The Labute approximate surface area is 131 Å². The maximum atomic E-state index is 12.2. The van der Waals surface area contributed by atoms with Gasteiger partial charge in [-0.15, -0.1) is 11.3 Å². The summed E-state index contributed by atoms with van der Waals surface area (Å²) in [4.78, 5) is 23.2. The molecule has 0 bridgehead atoms. The molecule has 0 aromatic carbocycles. The number of carbonyl (C=O) groups is 2. The van der Waals surface area contributed by atoms with E-state index in [4.69, 9.17) is 5.11 Å². The molecule has 0 aliphatic carbocycles. The second-order valence-electron chi connectivity index (χ2n) is 4.34. The van der Waals surface area contributed by atoms with Crippen molar-refractivity contribution in [2.75, 3.05) is 0 Å². The first-order chi connectivity index (χ1) is 9.67. The van der Waals surface area contributed by atoms with Gasteiger partial charge in [-0.3, -0.25) is 4.79 Å². The number of halogens is 4. The van der Waals surface area contributed by atoms with Crippen molar-refractivity contribution in [2.24, 2.45) is 0 Å². The van der Waals surface area contributed by atoms with Gasteiger partial charge in [0, 0.05) is 11.3 Å². The van der Waals surface area contributed by atoms with Crippen molar-refractivity contribution in [3.05, 3.63) is 20.8 Å². The number of hydrogen-bond donors (Lipinski definition) is 2. The first-order valence-corrected chi connectivity index (χ1v) is 7.61. The summed E-state index contributed by atoms with van der Waals surface area (Å²) in [5.41, 5.74) is 0. The number of aliphatic carboxylic acids is 1. The minimum atomic E-state index is -4.64. The van der Waals surface area contributed by atoms with Crippen molar-refractivity contribution in [1.29, 1.82) is 0 Å². The summed E-state index contributed by atoms with van der Waals surface area (Å²) in [6, 6.07) is 1.81. The van der Waals surface area contributed by atoms with Gasteiger partial charge < -0.3 is 10.4 Å². The molecular weight excluding hydrogens is 375 g/mol. The number of carboxylic acids is 1. The molecule has 0 aliphatic heterocycles. The molecule has 2 N–H and O–H groups in total. The Hall–Kier alpha value is -1.09. The zero-order valence-electron chi connectivity index (χ0n) is 10.7. The Balaban J connectivity index is 2.38. The van der Waals surface area contributed by atoms with Gasteiger partial charge in [0.1, 0.15) is 6.04 Å². The summed E-state index contributed by atoms with van der Waals surface area (Å²) in [7, 11) is 0. The highest BCUT2D eigenvalue weighted by Gasteiger charge is 2.36. The van der Waals surface area contributed by atoms with E-state index in [9.17, 15) is 22.8 Å². The van der Waals surface area contributed by atoms with E-state index in [2.05, 4.69) is 15.9 Å². The lowest BCUT2D eigenvalue weighted by Gasteiger charge is -2.16. The van der Waals surface area contributed by atoms with Crippen molar-refractivity contribution in [1.82, 2.24) is 5.32 Å². The van der Waals surface area contributed by atoms with Gasteiger partial charge in [-0.25, -0.2) is 4.79 Å². The molecule has 9 heteroatoms. The Kier molecular flexibility index (Phi) is 6.66. The molecule has 1 amide bonds. The lowest BCUT2D eigenvalue weighted by atomic mass is 10.1. The maximum Gasteiger partial charge on any atom is 0.391 e. The molecule has 118 valence electrons. The molecule has 0 aliphatic rings. The number of amides is 1. The molecule has 1 aromatic heterocycles. The Bertz CT molecular complexity index is 504. The van der Waals surface area contributed by atoms with Crippen LogP contribution in [0, 0.1) is 0 Å². The number of aryl methyl sites for hydroxylation is 1. The highest BCUT2D eigenvalue weighted by atomic mass is 79.9. The number of carbonyl (C=O) groups excluding carboxylic acids is 1. The second kappa shape index (κ2) is 7.79. The molecule has 0 fully saturated rings. The van der Waals surface area contributed by atoms with Gasteiger partial charge in [0.25, 0.3) is 0 Å². The van der Waals surface area contributed by atoms with Gasteiger partial charge in [-0.05, 0) is 40.9 Å². The summed E-state index contributed by atoms with van der Waals surface area (Å²) < 4.78 is 37.5. The maximum absolute atomic E-state index is 12.2. The molecule has 4 nitrogen and oxygen atoms in total. The summed E-state index contributed by atoms with van der Waals surface area (Å²) in [5, 5.41) is 10.6. The highest BCUT2D eigenvalue weighted by molar-refractivity contribution is 9.11. The number of thiophene rings is 1. The van der Waals surface area contributed by atoms with Crippen LogP contribution >= 0.6 is 27.3 Å². The summed E-state index contributed by atoms with van der Waals surface area (Å²) in [6.45, 7) is 0. The van der Waals surface area contributed by atoms with Crippen molar-refractivity contribution in [3.63, 3.8) is 0 Å². The fourth-order valence-corrected chi connectivity index (χ4v) is 3.13. The Morgan fingerprint density at radius 3 is 2.52 bits per heavy atom. The van der Waals surface area contributed by atoms with Crippen LogP contribution in [-0.4, -0.2) is 29.2 Å². The van der Waals surface area contributed by atoms with E-state index < -0.39 is 30.5 Å². The Morgan fingerprint density at radius 2 is 2.05 bits per heavy atom. The lowest BCUT2D eigenvalue weighted by Crippen LogP contribution is -2.43. The van der Waals surface area contributed by atoms with Crippen molar-refractivity contribution >= 4 is 39.1 Å². The van der Waals surface area contributed by atoms with Crippen LogP contribution in [0.3, 0.4) is 0 Å². The summed E-state index contributed by atoms with van der Waals surface area (Å²) >= 11 is 4.81. The normalized spacial score (nSPS) is 13.0. The predicted octanol–water partition coefficient (Wildman–Crippen LogP) is 3.36. The predicted molar refractivity (Wildman–Crippen MR) is 75.2 cm³/mol. The van der Waals surface area contributed by atoms with E-state index >= 15 is 0 Å². The standard InChI is InChI=1S/C12H13BrF3NO3S/c13-9-5-4-7(21-9)2-1-3-10(18)17-8(11(19)20)6-12(14,15)16/h4-5,8H,1-3,6H2,(H,17,18)(H,19,20). The molecule has 1 aromatic rings. The highest BCUT2D eigenvalue weighted by Crippen LogP contribution is 2.24. The molecule has 1 atom stereocenters. The molecule has 1 rings (SSSR count). The zero-order chi connectivity index (χ0) is 16.0. The quantitative estimate of drug-likeness (QED) is 0.753. The van der Waals surface area contributed by atoms with Crippen LogP contribution in [-0.2, 0) is 16.0 Å². The van der Waals surface area contributed by atoms with E-state index in [1.54, 1.807) is 0 Å². The number of nitrogens with one attached hydrogen (secondary N) is 1. The average Bonchev–Trinajstić information content (AvgIpc) is 2.72. The SMILES string of the molecule is O=C(CCCc1ccc(Br)s1)NC(CC(F)(F)F)C(=O)O. The third kappa shape index (κ3) is 7.47. The van der Waals surface area contributed by atoms with Gasteiger partial charge >= 0.3 is 12.1 Å². The first-order valence-electron chi connectivity index (χ1n) is 6.00. The van der Waals surface area contributed by atoms with Crippen molar-refractivity contribution in [2.45, 2.75) is 37.9 Å². The van der Waals surface area contributed by atoms with Crippen LogP contribution in [0.4, 0.5) is 13.2 Å². The monoisotopic (exact) mass is 387 g/mol. The molecule has 0 saturated heterocycles. The van der Waals surface area contributed by atoms with Crippen LogP contribution in [0.15, 0.2) is 15.9 Å². The molecule has 0 spiro atoms. The fraction of sp³-hybridized carbons (Fsp3) is 0.500. The minimum Gasteiger partial charge on any atom is -0.480 e. The third-order valence-corrected chi connectivity index (χ3v) is 4.21. The largest absolute Gasteiger partial charge is 0.480 e. The van der Waals surface area contributed by atoms with E-state index in [0.717, 1.165) is 8.66 Å². The average molecular weight is 388 g/mol. The van der Waals surface area contributed by atoms with Crippen LogP contribution in [0.1, 0.15) is 24.1 Å². The van der Waals surface area contributed by atoms with Crippen molar-refractivity contribution in [3.8, 4) is 0 Å². The zero-order valence-corrected chi connectivity index (χ0v) is 13.1. The van der Waals surface area contributed by atoms with Gasteiger partial charge in [0.15, 0.2) is 0 Å². The van der Waals surface area contributed by atoms with Gasteiger partial charge in [-0.2, -0.15) is 13.2 Å². The van der Waals surface area contributed by atoms with Crippen LogP contribution in [0.2, 0.25) is 0 Å². The number of hydrogen-bond acceptors (Lipinski definition) is 3. The van der Waals surface area contributed by atoms with E-state index in [1.165, 1.54) is 11.3 Å². The fourth-order valence-electron chi connectivity index (χ4n) is 1.61. The second-order valence-corrected chi connectivity index (χ2v) is 6.88. The minimum absolute atomic E-state index is 0.0167. The number of alkyl halides is 3. The van der Waals surface area contributed by atoms with Crippen LogP contribution in [0.5, 0.6) is 0 Å². The molecule has 21 heavy (non-hydrogen) atoms. The number of carboxylic acid groups (broad SMARTS) is 1. The third-order valence-electron chi connectivity index (χ3n) is 2.52. The first kappa shape index (κ1) is 18.0. The molecule has 1 heterocycles. The van der Waals surface area contributed by atoms with Gasteiger partial charge in [-0.1, -0.05) is 0 Å². The lowest BCUT2D eigenvalue weighted by molar-refractivity contribution is -0.160. The summed E-state index contributed by atoms with van der Waals surface area (Å²) in [5.74, 6) is -2.38. The summed E-state index contributed by atoms with van der Waals surface area (Å²) in [6.07, 6.45) is -5.18. The molecule has 0 saturated carbocycles. The smallest absolute Gasteiger partial charge is 0.391 e. The molecular formula is C12H13BrF3NO3S. The van der Waals surface area contributed by atoms with E-state index in [0.29, 0.717) is 12.8 Å². The molecule has 1 unspecified atom stereocenters. The van der Waals surface area contributed by atoms with Crippen LogP contribution in [0.25, 0.3) is 0 Å². The van der Waals surface area contributed by atoms with E-state index in [1.807, 2.05) is 17.4 Å². The van der Waals surface area contributed by atoms with E-state index in [-0.39, 0.29) is 6.42 Å². The Morgan fingerprint density at radius 1 is 1.38 bits per heavy atom. The topological polar surface area (TPSA) is 66.4 Å². The van der Waals surface area contributed by atoms with Gasteiger partial charge in [0.2, 0.25) is 5.91 Å². The van der Waals surface area contributed by atoms with Gasteiger partial charge in [0.05, 0.1) is 10.2 Å². The molecule has 0 radical (unpaired) electrons. The number of rotatable bonds is 7. The van der Waals surface area contributed by atoms with Crippen molar-refractivity contribution < 1.29 is 27.9 Å².